The van der Waals surface area contributed by atoms with E-state index in [1.54, 1.807) is 6.07 Å². The van der Waals surface area contributed by atoms with Crippen molar-refractivity contribution in [3.05, 3.63) is 66.5 Å². The molecule has 0 amide bonds. The van der Waals surface area contributed by atoms with E-state index in [2.05, 4.69) is 31.9 Å². The molecule has 1 atom stereocenters. The van der Waals surface area contributed by atoms with Crippen LogP contribution in [0.15, 0.2) is 45.3 Å². The number of nitrogens with two attached hydrogens (primary N) is 1. The minimum Gasteiger partial charge on any atom is -0.320 e. The maximum atomic E-state index is 6.26. The molecule has 5 heteroatoms. The fraction of sp³-hybridized carbons (Fsp3) is 0.0769. The van der Waals surface area contributed by atoms with Crippen molar-refractivity contribution in [1.29, 1.82) is 0 Å². The Morgan fingerprint density at radius 2 is 1.56 bits per heavy atom. The molecule has 0 saturated heterocycles. The summed E-state index contributed by atoms with van der Waals surface area (Å²) in [4.78, 5) is 0. The van der Waals surface area contributed by atoms with Gasteiger partial charge in [-0.15, -0.1) is 0 Å². The van der Waals surface area contributed by atoms with Crippen LogP contribution in [-0.2, 0) is 0 Å². The Labute approximate surface area is 133 Å². The summed E-state index contributed by atoms with van der Waals surface area (Å²) >= 11 is 18.9. The molecule has 0 saturated carbocycles. The standard InChI is InChI=1S/C13H9Br2Cl2N/c14-8-1-2-12(15)11(5-8)13(18)7-3-9(16)6-10(17)4-7/h1-6,13H,18H2. The Balaban J connectivity index is 2.47. The highest BCUT2D eigenvalue weighted by molar-refractivity contribution is 9.11. The maximum absolute atomic E-state index is 6.26. The summed E-state index contributed by atoms with van der Waals surface area (Å²) in [6.07, 6.45) is 0. The van der Waals surface area contributed by atoms with E-state index in [-0.39, 0.29) is 6.04 Å². The van der Waals surface area contributed by atoms with Crippen LogP contribution in [0.4, 0.5) is 0 Å². The minimum atomic E-state index is -0.284. The Bertz CT molecular complexity index is 567. The van der Waals surface area contributed by atoms with Crippen molar-refractivity contribution in [1.82, 2.24) is 0 Å². The minimum absolute atomic E-state index is 0.284. The van der Waals surface area contributed by atoms with Gasteiger partial charge in [-0.3, -0.25) is 0 Å². The van der Waals surface area contributed by atoms with Crippen molar-refractivity contribution in [2.75, 3.05) is 0 Å². The number of halogens is 4. The van der Waals surface area contributed by atoms with Gasteiger partial charge >= 0.3 is 0 Å². The lowest BCUT2D eigenvalue weighted by Crippen LogP contribution is -2.12. The van der Waals surface area contributed by atoms with E-state index in [1.807, 2.05) is 30.3 Å². The molecule has 0 radical (unpaired) electrons. The largest absolute Gasteiger partial charge is 0.320 e. The van der Waals surface area contributed by atoms with Crippen molar-refractivity contribution in [3.8, 4) is 0 Å². The van der Waals surface area contributed by atoms with Crippen LogP contribution in [0.2, 0.25) is 10.0 Å². The zero-order chi connectivity index (χ0) is 13.3. The van der Waals surface area contributed by atoms with E-state index in [9.17, 15) is 0 Å². The lowest BCUT2D eigenvalue weighted by atomic mass is 10.00. The summed E-state index contributed by atoms with van der Waals surface area (Å²) in [5.74, 6) is 0. The maximum Gasteiger partial charge on any atom is 0.0564 e. The molecule has 0 spiro atoms. The third-order valence-corrected chi connectivity index (χ3v) is 4.19. The Morgan fingerprint density at radius 1 is 0.944 bits per heavy atom. The molecule has 1 nitrogen and oxygen atoms in total. The van der Waals surface area contributed by atoms with E-state index in [0.29, 0.717) is 10.0 Å². The summed E-state index contributed by atoms with van der Waals surface area (Å²) in [6, 6.07) is 10.9. The molecule has 0 aliphatic rings. The number of hydrogen-bond donors (Lipinski definition) is 1. The number of hydrogen-bond acceptors (Lipinski definition) is 1. The summed E-state index contributed by atoms with van der Waals surface area (Å²) in [5, 5.41) is 1.16. The summed E-state index contributed by atoms with van der Waals surface area (Å²) in [7, 11) is 0. The van der Waals surface area contributed by atoms with Gasteiger partial charge in [-0.05, 0) is 47.5 Å². The molecule has 2 N–H and O–H groups in total. The second-order valence-electron chi connectivity index (χ2n) is 3.85. The third kappa shape index (κ3) is 3.28. The zero-order valence-corrected chi connectivity index (χ0v) is 13.8. The van der Waals surface area contributed by atoms with Gasteiger partial charge in [-0.2, -0.15) is 0 Å². The van der Waals surface area contributed by atoms with Crippen molar-refractivity contribution < 1.29 is 0 Å². The third-order valence-electron chi connectivity index (χ3n) is 2.54. The van der Waals surface area contributed by atoms with Gasteiger partial charge in [-0.1, -0.05) is 55.1 Å². The summed E-state index contributed by atoms with van der Waals surface area (Å²) in [5.41, 5.74) is 8.11. The van der Waals surface area contributed by atoms with Gasteiger partial charge in [-0.25, -0.2) is 0 Å². The van der Waals surface area contributed by atoms with Crippen molar-refractivity contribution in [2.24, 2.45) is 5.73 Å². The average molecular weight is 410 g/mol. The Hall–Kier alpha value is -0.0600. The first kappa shape index (κ1) is 14.4. The fourth-order valence-electron chi connectivity index (χ4n) is 1.69. The smallest absolute Gasteiger partial charge is 0.0564 e. The van der Waals surface area contributed by atoms with Gasteiger partial charge in [0.05, 0.1) is 6.04 Å². The lowest BCUT2D eigenvalue weighted by molar-refractivity contribution is 0.865. The van der Waals surface area contributed by atoms with Crippen LogP contribution < -0.4 is 5.73 Å². The molecule has 0 bridgehead atoms. The van der Waals surface area contributed by atoms with E-state index in [4.69, 9.17) is 28.9 Å². The molecule has 0 aliphatic carbocycles. The normalized spacial score (nSPS) is 12.5. The van der Waals surface area contributed by atoms with Gasteiger partial charge in [0.25, 0.3) is 0 Å². The quantitative estimate of drug-likeness (QED) is 0.689. The predicted octanol–water partition coefficient (Wildman–Crippen LogP) is 5.57. The molecule has 94 valence electrons. The van der Waals surface area contributed by atoms with Crippen LogP contribution in [-0.4, -0.2) is 0 Å². The van der Waals surface area contributed by atoms with Crippen LogP contribution in [0.1, 0.15) is 17.2 Å². The highest BCUT2D eigenvalue weighted by Gasteiger charge is 2.14. The van der Waals surface area contributed by atoms with Crippen LogP contribution >= 0.6 is 55.1 Å². The van der Waals surface area contributed by atoms with Crippen molar-refractivity contribution in [3.63, 3.8) is 0 Å². The first-order chi connectivity index (χ1) is 8.47. The highest BCUT2D eigenvalue weighted by Crippen LogP contribution is 2.31. The van der Waals surface area contributed by atoms with Gasteiger partial charge < -0.3 is 5.73 Å². The second-order valence-corrected chi connectivity index (χ2v) is 6.49. The van der Waals surface area contributed by atoms with E-state index < -0.39 is 0 Å². The molecular weight excluding hydrogens is 401 g/mol. The number of rotatable bonds is 2. The van der Waals surface area contributed by atoms with Crippen LogP contribution in [0.3, 0.4) is 0 Å². The first-order valence-corrected chi connectivity index (χ1v) is 7.48. The molecule has 0 aliphatic heterocycles. The molecule has 18 heavy (non-hydrogen) atoms. The van der Waals surface area contributed by atoms with E-state index >= 15 is 0 Å². The van der Waals surface area contributed by atoms with Crippen molar-refractivity contribution in [2.45, 2.75) is 6.04 Å². The van der Waals surface area contributed by atoms with Gasteiger partial charge in [0, 0.05) is 19.0 Å². The lowest BCUT2D eigenvalue weighted by Gasteiger charge is -2.15. The monoisotopic (exact) mass is 407 g/mol. The van der Waals surface area contributed by atoms with E-state index in [1.165, 1.54) is 0 Å². The summed E-state index contributed by atoms with van der Waals surface area (Å²) in [6.45, 7) is 0. The molecular formula is C13H9Br2Cl2N. The average Bonchev–Trinajstić information content (AvgIpc) is 2.30. The van der Waals surface area contributed by atoms with Gasteiger partial charge in [0.1, 0.15) is 0 Å². The molecule has 2 aromatic rings. The van der Waals surface area contributed by atoms with Gasteiger partial charge in [0.15, 0.2) is 0 Å². The molecule has 0 fully saturated rings. The zero-order valence-electron chi connectivity index (χ0n) is 9.13. The van der Waals surface area contributed by atoms with Crippen molar-refractivity contribution >= 4 is 55.1 Å². The molecule has 0 heterocycles. The summed E-state index contributed by atoms with van der Waals surface area (Å²) < 4.78 is 1.93. The fourth-order valence-corrected chi connectivity index (χ4v) is 3.10. The highest BCUT2D eigenvalue weighted by atomic mass is 79.9. The molecule has 1 unspecified atom stereocenters. The topological polar surface area (TPSA) is 26.0 Å². The molecule has 2 aromatic carbocycles. The first-order valence-electron chi connectivity index (χ1n) is 5.14. The predicted molar refractivity (Wildman–Crippen MR) is 84.3 cm³/mol. The second kappa shape index (κ2) is 5.93. The Kier molecular flexibility index (Phi) is 4.73. The Morgan fingerprint density at radius 3 is 2.17 bits per heavy atom. The van der Waals surface area contributed by atoms with Gasteiger partial charge in [0.2, 0.25) is 0 Å². The number of benzene rings is 2. The SMILES string of the molecule is NC(c1cc(Cl)cc(Cl)c1)c1cc(Br)ccc1Br. The molecule has 0 aromatic heterocycles. The van der Waals surface area contributed by atoms with E-state index in [0.717, 1.165) is 20.1 Å². The molecule has 2 rings (SSSR count). The van der Waals surface area contributed by atoms with Crippen LogP contribution in [0.5, 0.6) is 0 Å². The van der Waals surface area contributed by atoms with Crippen LogP contribution in [0, 0.1) is 0 Å². The van der Waals surface area contributed by atoms with Crippen LogP contribution in [0.25, 0.3) is 0 Å².